The van der Waals surface area contributed by atoms with Gasteiger partial charge in [-0.1, -0.05) is 121 Å². The molecule has 170 valence electrons. The molecule has 31 heavy (non-hydrogen) atoms. The van der Waals surface area contributed by atoms with E-state index in [1.165, 1.54) is 89.9 Å². The first kappa shape index (κ1) is 24.1. The highest BCUT2D eigenvalue weighted by atomic mass is 14.4. The van der Waals surface area contributed by atoms with Crippen molar-refractivity contribution in [1.29, 1.82) is 0 Å². The summed E-state index contributed by atoms with van der Waals surface area (Å²) in [6.45, 7) is 6.96. The van der Waals surface area contributed by atoms with Crippen LogP contribution < -0.4 is 0 Å². The number of benzene rings is 2. The Morgan fingerprint density at radius 2 is 1.16 bits per heavy atom. The van der Waals surface area contributed by atoms with Crippen molar-refractivity contribution in [1.82, 2.24) is 0 Å². The summed E-state index contributed by atoms with van der Waals surface area (Å²) in [4.78, 5) is 0. The molecule has 0 bridgehead atoms. The van der Waals surface area contributed by atoms with E-state index >= 15 is 0 Å². The minimum absolute atomic E-state index is 0.218. The zero-order valence-corrected chi connectivity index (χ0v) is 20.6. The quantitative estimate of drug-likeness (QED) is 0.301. The van der Waals surface area contributed by atoms with Crippen LogP contribution in [0.4, 0.5) is 0 Å². The van der Waals surface area contributed by atoms with E-state index in [-0.39, 0.29) is 5.41 Å². The summed E-state index contributed by atoms with van der Waals surface area (Å²) in [6.07, 6.45) is 18.8. The highest BCUT2D eigenvalue weighted by molar-refractivity contribution is 5.47. The Labute approximate surface area is 192 Å². The molecule has 0 N–H and O–H groups in total. The lowest BCUT2D eigenvalue weighted by Gasteiger charge is -2.43. The van der Waals surface area contributed by atoms with E-state index in [0.717, 1.165) is 5.92 Å². The number of rotatable bonds is 12. The summed E-state index contributed by atoms with van der Waals surface area (Å²) in [5, 5.41) is 0. The lowest BCUT2D eigenvalue weighted by molar-refractivity contribution is 0.248. The molecule has 3 rings (SSSR count). The molecule has 0 spiro atoms. The molecule has 0 saturated heterocycles. The Bertz CT molecular complexity index is 712. The highest BCUT2D eigenvalue weighted by Gasteiger charge is 2.40. The van der Waals surface area contributed by atoms with Crippen LogP contribution in [0.3, 0.4) is 0 Å². The zero-order valence-electron chi connectivity index (χ0n) is 20.6. The third-order valence-corrected chi connectivity index (χ3v) is 7.78. The van der Waals surface area contributed by atoms with Crippen LogP contribution in [0.2, 0.25) is 0 Å². The Morgan fingerprint density at radius 1 is 0.645 bits per heavy atom. The molecule has 1 aliphatic carbocycles. The van der Waals surface area contributed by atoms with Crippen LogP contribution in [0.25, 0.3) is 0 Å². The molecule has 0 unspecified atom stereocenters. The SMILES string of the molecule is CCCCCCCC1CCC(c2ccccc2CCC)(c2ccccc2CCC)CC1. The first-order valence-corrected chi connectivity index (χ1v) is 13.4. The fraction of sp³-hybridized carbons (Fsp3) is 0.613. The lowest BCUT2D eigenvalue weighted by Crippen LogP contribution is -2.35. The maximum atomic E-state index is 2.47. The van der Waals surface area contributed by atoms with Crippen molar-refractivity contribution in [3.05, 3.63) is 70.8 Å². The van der Waals surface area contributed by atoms with Gasteiger partial charge in [-0.05, 0) is 66.7 Å². The molecular formula is C31H46. The zero-order chi connectivity index (χ0) is 21.9. The maximum Gasteiger partial charge on any atom is 0.0208 e. The maximum absolute atomic E-state index is 2.47. The van der Waals surface area contributed by atoms with Gasteiger partial charge >= 0.3 is 0 Å². The summed E-state index contributed by atoms with van der Waals surface area (Å²) < 4.78 is 0. The lowest BCUT2D eigenvalue weighted by atomic mass is 9.60. The monoisotopic (exact) mass is 418 g/mol. The topological polar surface area (TPSA) is 0 Å². The van der Waals surface area contributed by atoms with Gasteiger partial charge in [-0.15, -0.1) is 0 Å². The first-order valence-electron chi connectivity index (χ1n) is 13.4. The number of aryl methyl sites for hydroxylation is 2. The third kappa shape index (κ3) is 6.03. The molecule has 2 aromatic rings. The number of hydrogen-bond acceptors (Lipinski definition) is 0. The van der Waals surface area contributed by atoms with Gasteiger partial charge in [0, 0.05) is 5.41 Å². The van der Waals surface area contributed by atoms with Crippen molar-refractivity contribution in [2.75, 3.05) is 0 Å². The highest BCUT2D eigenvalue weighted by Crippen LogP contribution is 2.49. The Balaban J connectivity index is 1.87. The smallest absolute Gasteiger partial charge is 0.0208 e. The predicted octanol–water partition coefficient (Wildman–Crippen LogP) is 9.43. The van der Waals surface area contributed by atoms with Crippen LogP contribution in [0.15, 0.2) is 48.5 Å². The van der Waals surface area contributed by atoms with Crippen LogP contribution in [-0.2, 0) is 18.3 Å². The Hall–Kier alpha value is -1.56. The van der Waals surface area contributed by atoms with Crippen LogP contribution in [0.1, 0.15) is 120 Å². The Morgan fingerprint density at radius 3 is 1.68 bits per heavy atom. The van der Waals surface area contributed by atoms with Crippen molar-refractivity contribution >= 4 is 0 Å². The standard InChI is InChI=1S/C31H46/c1-4-7-8-9-10-17-26-22-24-31(25-23-26,29-20-13-11-18-27(29)15-5-2)30-21-14-12-19-28(30)16-6-3/h11-14,18-21,26H,4-10,15-17,22-25H2,1-3H3. The molecular weight excluding hydrogens is 372 g/mol. The second-order valence-corrected chi connectivity index (χ2v) is 10.0. The van der Waals surface area contributed by atoms with E-state index in [2.05, 4.69) is 69.3 Å². The van der Waals surface area contributed by atoms with Crippen LogP contribution in [0.5, 0.6) is 0 Å². The van der Waals surface area contributed by atoms with Crippen molar-refractivity contribution in [3.8, 4) is 0 Å². The summed E-state index contributed by atoms with van der Waals surface area (Å²) >= 11 is 0. The second kappa shape index (κ2) is 12.5. The summed E-state index contributed by atoms with van der Waals surface area (Å²) in [7, 11) is 0. The van der Waals surface area contributed by atoms with E-state index in [0.29, 0.717) is 0 Å². The van der Waals surface area contributed by atoms with Crippen LogP contribution in [0, 0.1) is 5.92 Å². The average molecular weight is 419 g/mol. The Kier molecular flexibility index (Phi) is 9.69. The predicted molar refractivity (Wildman–Crippen MR) is 137 cm³/mol. The first-order chi connectivity index (χ1) is 15.2. The van der Waals surface area contributed by atoms with Crippen molar-refractivity contribution in [3.63, 3.8) is 0 Å². The minimum atomic E-state index is 0.218. The average Bonchev–Trinajstić information content (AvgIpc) is 2.81. The normalized spacial score (nSPS) is 16.5. The van der Waals surface area contributed by atoms with Crippen LogP contribution >= 0.6 is 0 Å². The number of hydrogen-bond donors (Lipinski definition) is 0. The molecule has 0 heteroatoms. The molecule has 0 aromatic heterocycles. The summed E-state index contributed by atoms with van der Waals surface area (Å²) in [5.41, 5.74) is 6.68. The minimum Gasteiger partial charge on any atom is -0.0654 e. The van der Waals surface area contributed by atoms with Crippen molar-refractivity contribution in [2.24, 2.45) is 5.92 Å². The van der Waals surface area contributed by atoms with Gasteiger partial charge < -0.3 is 0 Å². The molecule has 0 aliphatic heterocycles. The van der Waals surface area contributed by atoms with Gasteiger partial charge in [-0.3, -0.25) is 0 Å². The van der Waals surface area contributed by atoms with Gasteiger partial charge in [0.05, 0.1) is 0 Å². The van der Waals surface area contributed by atoms with Gasteiger partial charge in [0.15, 0.2) is 0 Å². The van der Waals surface area contributed by atoms with E-state index in [9.17, 15) is 0 Å². The fourth-order valence-corrected chi connectivity index (χ4v) is 6.13. The second-order valence-electron chi connectivity index (χ2n) is 10.0. The largest absolute Gasteiger partial charge is 0.0654 e. The van der Waals surface area contributed by atoms with Gasteiger partial charge in [-0.2, -0.15) is 0 Å². The van der Waals surface area contributed by atoms with E-state index < -0.39 is 0 Å². The molecule has 0 nitrogen and oxygen atoms in total. The molecule has 0 amide bonds. The van der Waals surface area contributed by atoms with Crippen LogP contribution in [-0.4, -0.2) is 0 Å². The van der Waals surface area contributed by atoms with Gasteiger partial charge in [0.25, 0.3) is 0 Å². The van der Waals surface area contributed by atoms with Crippen molar-refractivity contribution < 1.29 is 0 Å². The molecule has 0 atom stereocenters. The third-order valence-electron chi connectivity index (χ3n) is 7.78. The molecule has 1 aliphatic rings. The van der Waals surface area contributed by atoms with E-state index in [1.54, 1.807) is 22.3 Å². The fourth-order valence-electron chi connectivity index (χ4n) is 6.13. The van der Waals surface area contributed by atoms with E-state index in [1.807, 2.05) is 0 Å². The number of unbranched alkanes of at least 4 members (excludes halogenated alkanes) is 4. The van der Waals surface area contributed by atoms with E-state index in [4.69, 9.17) is 0 Å². The molecule has 0 heterocycles. The molecule has 0 radical (unpaired) electrons. The van der Waals surface area contributed by atoms with Gasteiger partial charge in [0.1, 0.15) is 0 Å². The molecule has 1 saturated carbocycles. The van der Waals surface area contributed by atoms with Gasteiger partial charge in [-0.25, -0.2) is 0 Å². The summed E-state index contributed by atoms with van der Waals surface area (Å²) in [6, 6.07) is 18.8. The van der Waals surface area contributed by atoms with Gasteiger partial charge in [0.2, 0.25) is 0 Å². The summed E-state index contributed by atoms with van der Waals surface area (Å²) in [5.74, 6) is 0.937. The molecule has 1 fully saturated rings. The van der Waals surface area contributed by atoms with Crippen molar-refractivity contribution in [2.45, 2.75) is 116 Å². The molecule has 2 aromatic carbocycles.